The van der Waals surface area contributed by atoms with Gasteiger partial charge in [-0.25, -0.2) is 0 Å². The molecule has 4 heteroatoms. The van der Waals surface area contributed by atoms with Crippen LogP contribution in [0.15, 0.2) is 42.5 Å². The maximum Gasteiger partial charge on any atom is 0.214 e. The summed E-state index contributed by atoms with van der Waals surface area (Å²) in [5, 5.41) is 3.27. The van der Waals surface area contributed by atoms with Gasteiger partial charge in [-0.2, -0.15) is 4.98 Å². The minimum atomic E-state index is 0.609. The van der Waals surface area contributed by atoms with E-state index in [1.807, 2.05) is 24.3 Å². The van der Waals surface area contributed by atoms with Gasteiger partial charge in [0.15, 0.2) is 0 Å². The quantitative estimate of drug-likeness (QED) is 0.865. The highest BCUT2D eigenvalue weighted by atomic mass is 16.5. The average Bonchev–Trinajstić information content (AvgIpc) is 2.46. The Hall–Kier alpha value is -2.07. The van der Waals surface area contributed by atoms with E-state index in [4.69, 9.17) is 9.47 Å². The van der Waals surface area contributed by atoms with Crippen LogP contribution in [-0.2, 0) is 17.9 Å². The Bertz CT molecular complexity index is 529. The lowest BCUT2D eigenvalue weighted by molar-refractivity contribution is 0.185. The van der Waals surface area contributed by atoms with E-state index < -0.39 is 0 Å². The minimum Gasteiger partial charge on any atom is -0.481 e. The van der Waals surface area contributed by atoms with Crippen LogP contribution in [0.1, 0.15) is 11.1 Å². The SMILES string of the molecule is COCc1cccc(CNc2cccc(OC)n2)c1. The zero-order valence-corrected chi connectivity index (χ0v) is 11.2. The van der Waals surface area contributed by atoms with Gasteiger partial charge in [0, 0.05) is 19.7 Å². The van der Waals surface area contributed by atoms with E-state index in [2.05, 4.69) is 28.5 Å². The molecule has 1 N–H and O–H groups in total. The van der Waals surface area contributed by atoms with Gasteiger partial charge in [0.1, 0.15) is 5.82 Å². The smallest absolute Gasteiger partial charge is 0.214 e. The van der Waals surface area contributed by atoms with Gasteiger partial charge in [-0.3, -0.25) is 0 Å². The largest absolute Gasteiger partial charge is 0.481 e. The number of rotatable bonds is 6. The highest BCUT2D eigenvalue weighted by molar-refractivity contribution is 5.38. The third-order valence-electron chi connectivity index (χ3n) is 2.71. The molecular weight excluding hydrogens is 240 g/mol. The molecule has 0 bridgehead atoms. The predicted molar refractivity (Wildman–Crippen MR) is 75.3 cm³/mol. The molecule has 100 valence electrons. The average molecular weight is 258 g/mol. The molecular formula is C15H18N2O2. The Kier molecular flexibility index (Phi) is 4.75. The number of aromatic nitrogens is 1. The standard InChI is InChI=1S/C15H18N2O2/c1-18-11-13-6-3-5-12(9-13)10-16-14-7-4-8-15(17-14)19-2/h3-9H,10-11H2,1-2H3,(H,16,17). The second kappa shape index (κ2) is 6.75. The summed E-state index contributed by atoms with van der Waals surface area (Å²) in [6.07, 6.45) is 0. The van der Waals surface area contributed by atoms with Crippen molar-refractivity contribution in [1.29, 1.82) is 0 Å². The topological polar surface area (TPSA) is 43.4 Å². The molecule has 0 unspecified atom stereocenters. The van der Waals surface area contributed by atoms with E-state index in [0.717, 1.165) is 12.4 Å². The molecule has 1 aromatic heterocycles. The summed E-state index contributed by atoms with van der Waals surface area (Å²) in [5.74, 6) is 1.41. The normalized spacial score (nSPS) is 10.2. The molecule has 0 aliphatic carbocycles. The summed E-state index contributed by atoms with van der Waals surface area (Å²) in [4.78, 5) is 4.31. The van der Waals surface area contributed by atoms with Crippen LogP contribution in [0.4, 0.5) is 5.82 Å². The number of hydrogen-bond donors (Lipinski definition) is 1. The third-order valence-corrected chi connectivity index (χ3v) is 2.71. The van der Waals surface area contributed by atoms with Gasteiger partial charge in [0.05, 0.1) is 13.7 Å². The lowest BCUT2D eigenvalue weighted by Gasteiger charge is -2.08. The number of nitrogens with one attached hydrogen (secondary N) is 1. The van der Waals surface area contributed by atoms with E-state index >= 15 is 0 Å². The molecule has 0 radical (unpaired) electrons. The second-order valence-corrected chi connectivity index (χ2v) is 4.17. The van der Waals surface area contributed by atoms with Crippen LogP contribution in [0.2, 0.25) is 0 Å². The van der Waals surface area contributed by atoms with E-state index in [1.54, 1.807) is 14.2 Å². The van der Waals surface area contributed by atoms with Crippen molar-refractivity contribution in [3.63, 3.8) is 0 Å². The zero-order valence-electron chi connectivity index (χ0n) is 11.2. The zero-order chi connectivity index (χ0) is 13.5. The summed E-state index contributed by atoms with van der Waals surface area (Å²) in [7, 11) is 3.31. The van der Waals surface area contributed by atoms with Crippen molar-refractivity contribution >= 4 is 5.82 Å². The molecule has 1 heterocycles. The molecule has 0 aliphatic heterocycles. The van der Waals surface area contributed by atoms with Crippen LogP contribution in [0.3, 0.4) is 0 Å². The summed E-state index contributed by atoms with van der Waals surface area (Å²) in [5.41, 5.74) is 2.36. The van der Waals surface area contributed by atoms with Crippen molar-refractivity contribution < 1.29 is 9.47 Å². The maximum atomic E-state index is 5.13. The molecule has 0 aliphatic rings. The molecule has 0 saturated heterocycles. The molecule has 0 fully saturated rings. The summed E-state index contributed by atoms with van der Waals surface area (Å²) in [6.45, 7) is 1.35. The second-order valence-electron chi connectivity index (χ2n) is 4.17. The fraction of sp³-hybridized carbons (Fsp3) is 0.267. The van der Waals surface area contributed by atoms with E-state index in [9.17, 15) is 0 Å². The lowest BCUT2D eigenvalue weighted by Crippen LogP contribution is -2.02. The number of methoxy groups -OCH3 is 2. The third kappa shape index (κ3) is 3.96. The highest BCUT2D eigenvalue weighted by Crippen LogP contribution is 2.13. The van der Waals surface area contributed by atoms with Gasteiger partial charge < -0.3 is 14.8 Å². The first-order valence-corrected chi connectivity index (χ1v) is 6.13. The Morgan fingerprint density at radius 1 is 1.05 bits per heavy atom. The minimum absolute atomic E-state index is 0.609. The first-order valence-electron chi connectivity index (χ1n) is 6.13. The highest BCUT2D eigenvalue weighted by Gasteiger charge is 1.99. The molecule has 4 nitrogen and oxygen atoms in total. The van der Waals surface area contributed by atoms with Gasteiger partial charge in [0.2, 0.25) is 5.88 Å². The van der Waals surface area contributed by atoms with E-state index in [0.29, 0.717) is 12.5 Å². The van der Waals surface area contributed by atoms with Crippen LogP contribution in [0.25, 0.3) is 0 Å². The molecule has 0 atom stereocenters. The molecule has 0 saturated carbocycles. The van der Waals surface area contributed by atoms with Gasteiger partial charge in [-0.1, -0.05) is 30.3 Å². The fourth-order valence-electron chi connectivity index (χ4n) is 1.82. The fourth-order valence-corrected chi connectivity index (χ4v) is 1.82. The van der Waals surface area contributed by atoms with Gasteiger partial charge in [0.25, 0.3) is 0 Å². The Balaban J connectivity index is 1.99. The van der Waals surface area contributed by atoms with Crippen LogP contribution in [0, 0.1) is 0 Å². The molecule has 0 amide bonds. The van der Waals surface area contributed by atoms with Gasteiger partial charge in [-0.05, 0) is 17.2 Å². The number of nitrogens with zero attached hydrogens (tertiary/aromatic N) is 1. The molecule has 2 aromatic rings. The predicted octanol–water partition coefficient (Wildman–Crippen LogP) is 2.85. The van der Waals surface area contributed by atoms with Crippen molar-refractivity contribution in [2.24, 2.45) is 0 Å². The summed E-state index contributed by atoms with van der Waals surface area (Å²) in [6, 6.07) is 13.9. The van der Waals surface area contributed by atoms with Crippen molar-refractivity contribution in [1.82, 2.24) is 4.98 Å². The Morgan fingerprint density at radius 3 is 2.63 bits per heavy atom. The number of pyridine rings is 1. The van der Waals surface area contributed by atoms with Crippen LogP contribution < -0.4 is 10.1 Å². The van der Waals surface area contributed by atoms with E-state index in [-0.39, 0.29) is 0 Å². The van der Waals surface area contributed by atoms with Crippen molar-refractivity contribution in [3.05, 3.63) is 53.6 Å². The van der Waals surface area contributed by atoms with Crippen molar-refractivity contribution in [3.8, 4) is 5.88 Å². The first-order chi connectivity index (χ1) is 9.31. The Labute approximate surface area is 113 Å². The molecule has 1 aromatic carbocycles. The number of anilines is 1. The first kappa shape index (κ1) is 13.4. The summed E-state index contributed by atoms with van der Waals surface area (Å²) < 4.78 is 10.2. The monoisotopic (exact) mass is 258 g/mol. The molecule has 0 spiro atoms. The molecule has 19 heavy (non-hydrogen) atoms. The van der Waals surface area contributed by atoms with Crippen molar-refractivity contribution in [2.75, 3.05) is 19.5 Å². The van der Waals surface area contributed by atoms with Crippen LogP contribution in [0.5, 0.6) is 5.88 Å². The molecule has 2 rings (SSSR count). The van der Waals surface area contributed by atoms with Gasteiger partial charge >= 0.3 is 0 Å². The maximum absolute atomic E-state index is 5.13. The van der Waals surface area contributed by atoms with Crippen molar-refractivity contribution in [2.45, 2.75) is 13.2 Å². The summed E-state index contributed by atoms with van der Waals surface area (Å²) >= 11 is 0. The lowest BCUT2D eigenvalue weighted by atomic mass is 10.1. The van der Waals surface area contributed by atoms with E-state index in [1.165, 1.54) is 11.1 Å². The number of benzene rings is 1. The Morgan fingerprint density at radius 2 is 1.84 bits per heavy atom. The van der Waals surface area contributed by atoms with Gasteiger partial charge in [-0.15, -0.1) is 0 Å². The van der Waals surface area contributed by atoms with Crippen LogP contribution in [-0.4, -0.2) is 19.2 Å². The van der Waals surface area contributed by atoms with Crippen LogP contribution >= 0.6 is 0 Å². The number of hydrogen-bond acceptors (Lipinski definition) is 4. The number of ether oxygens (including phenoxy) is 2.